The van der Waals surface area contributed by atoms with Gasteiger partial charge in [-0.2, -0.15) is 0 Å². The first-order chi connectivity index (χ1) is 12.1. The molecular formula is C17H22N2O6. The molecule has 0 bridgehead atoms. The van der Waals surface area contributed by atoms with Crippen molar-refractivity contribution in [1.82, 2.24) is 10.2 Å². The molecule has 1 N–H and O–H groups in total. The summed E-state index contributed by atoms with van der Waals surface area (Å²) in [6.45, 7) is 3.72. The molecule has 0 saturated carbocycles. The van der Waals surface area contributed by atoms with E-state index in [2.05, 4.69) is 5.32 Å². The molecular weight excluding hydrogens is 328 g/mol. The van der Waals surface area contributed by atoms with E-state index in [1.54, 1.807) is 29.2 Å². The highest BCUT2D eigenvalue weighted by molar-refractivity contribution is 5.96. The Labute approximate surface area is 146 Å². The molecule has 0 unspecified atom stereocenters. The van der Waals surface area contributed by atoms with Gasteiger partial charge < -0.3 is 24.4 Å². The molecule has 0 aliphatic carbocycles. The SMILES string of the molecule is CCOc1ccc(C(=O)NCC(=O)OCC(=O)N2CCOCC2)cc1. The Hall–Kier alpha value is -2.61. The van der Waals surface area contributed by atoms with Crippen molar-refractivity contribution in [3.8, 4) is 5.75 Å². The second-order valence-corrected chi connectivity index (χ2v) is 5.29. The zero-order valence-corrected chi connectivity index (χ0v) is 14.2. The third kappa shape index (κ3) is 6.07. The molecule has 1 fully saturated rings. The third-order valence-corrected chi connectivity index (χ3v) is 3.54. The highest BCUT2D eigenvalue weighted by Crippen LogP contribution is 2.11. The molecule has 25 heavy (non-hydrogen) atoms. The smallest absolute Gasteiger partial charge is 0.325 e. The molecule has 1 aliphatic rings. The molecule has 2 rings (SSSR count). The Balaban J connectivity index is 1.69. The van der Waals surface area contributed by atoms with Crippen LogP contribution in [-0.2, 0) is 19.1 Å². The fraction of sp³-hybridized carbons (Fsp3) is 0.471. The van der Waals surface area contributed by atoms with Crippen LogP contribution in [-0.4, -0.2) is 68.7 Å². The van der Waals surface area contributed by atoms with Gasteiger partial charge in [0, 0.05) is 18.7 Å². The number of morpholine rings is 1. The average molecular weight is 350 g/mol. The molecule has 0 atom stereocenters. The minimum absolute atomic E-state index is 0.269. The number of rotatable bonds is 7. The van der Waals surface area contributed by atoms with Gasteiger partial charge >= 0.3 is 5.97 Å². The average Bonchev–Trinajstić information content (AvgIpc) is 2.65. The quantitative estimate of drug-likeness (QED) is 0.707. The minimum Gasteiger partial charge on any atom is -0.494 e. The van der Waals surface area contributed by atoms with Gasteiger partial charge in [-0.1, -0.05) is 0 Å². The molecule has 8 nitrogen and oxygen atoms in total. The zero-order chi connectivity index (χ0) is 18.1. The molecule has 0 spiro atoms. The van der Waals surface area contributed by atoms with Crippen LogP contribution in [0.1, 0.15) is 17.3 Å². The van der Waals surface area contributed by atoms with Crippen LogP contribution in [0.5, 0.6) is 5.75 Å². The molecule has 1 aromatic carbocycles. The number of carbonyl (C=O) groups is 3. The first kappa shape index (κ1) is 18.7. The lowest BCUT2D eigenvalue weighted by Gasteiger charge is -2.26. The predicted molar refractivity (Wildman–Crippen MR) is 88.3 cm³/mol. The normalized spacial score (nSPS) is 13.9. The van der Waals surface area contributed by atoms with Crippen molar-refractivity contribution in [3.63, 3.8) is 0 Å². The summed E-state index contributed by atoms with van der Waals surface area (Å²) in [5, 5.41) is 2.45. The lowest BCUT2D eigenvalue weighted by Crippen LogP contribution is -2.43. The van der Waals surface area contributed by atoms with E-state index in [1.165, 1.54) is 0 Å². The molecule has 8 heteroatoms. The van der Waals surface area contributed by atoms with E-state index in [1.807, 2.05) is 6.92 Å². The summed E-state index contributed by atoms with van der Waals surface area (Å²) in [4.78, 5) is 37.0. The number of amides is 2. The maximum atomic E-state index is 12.0. The monoisotopic (exact) mass is 350 g/mol. The number of carbonyl (C=O) groups excluding carboxylic acids is 3. The summed E-state index contributed by atoms with van der Waals surface area (Å²) in [5.74, 6) is -0.671. The van der Waals surface area contributed by atoms with Crippen molar-refractivity contribution in [2.24, 2.45) is 0 Å². The van der Waals surface area contributed by atoms with Crippen LogP contribution in [0.15, 0.2) is 24.3 Å². The van der Waals surface area contributed by atoms with Gasteiger partial charge in [0.25, 0.3) is 11.8 Å². The highest BCUT2D eigenvalue weighted by atomic mass is 16.5. The molecule has 1 saturated heterocycles. The molecule has 0 aromatic heterocycles. The maximum absolute atomic E-state index is 12.0. The number of ether oxygens (including phenoxy) is 3. The molecule has 1 heterocycles. The van der Waals surface area contributed by atoms with Gasteiger partial charge in [-0.3, -0.25) is 14.4 Å². The third-order valence-electron chi connectivity index (χ3n) is 3.54. The number of nitrogens with one attached hydrogen (secondary N) is 1. The van der Waals surface area contributed by atoms with Crippen molar-refractivity contribution in [2.75, 3.05) is 46.1 Å². The van der Waals surface area contributed by atoms with E-state index in [4.69, 9.17) is 14.2 Å². The molecule has 136 valence electrons. The fourth-order valence-corrected chi connectivity index (χ4v) is 2.22. The van der Waals surface area contributed by atoms with Crippen molar-refractivity contribution in [1.29, 1.82) is 0 Å². The summed E-state index contributed by atoms with van der Waals surface area (Å²) in [5.41, 5.74) is 0.403. The van der Waals surface area contributed by atoms with Gasteiger partial charge in [0.15, 0.2) is 6.61 Å². The van der Waals surface area contributed by atoms with E-state index in [0.717, 1.165) is 0 Å². The summed E-state index contributed by atoms with van der Waals surface area (Å²) < 4.78 is 15.3. The van der Waals surface area contributed by atoms with Crippen LogP contribution in [0.3, 0.4) is 0 Å². The van der Waals surface area contributed by atoms with Crippen LogP contribution in [0.2, 0.25) is 0 Å². The number of nitrogens with zero attached hydrogens (tertiary/aromatic N) is 1. The first-order valence-corrected chi connectivity index (χ1v) is 8.12. The van der Waals surface area contributed by atoms with Crippen LogP contribution >= 0.6 is 0 Å². The van der Waals surface area contributed by atoms with Gasteiger partial charge in [0.2, 0.25) is 0 Å². The first-order valence-electron chi connectivity index (χ1n) is 8.12. The Morgan fingerprint density at radius 3 is 2.48 bits per heavy atom. The standard InChI is InChI=1S/C17H22N2O6/c1-2-24-14-5-3-13(4-6-14)17(22)18-11-16(21)25-12-15(20)19-7-9-23-10-8-19/h3-6H,2,7-12H2,1H3,(H,18,22). The van der Waals surface area contributed by atoms with E-state index in [-0.39, 0.29) is 19.1 Å². The van der Waals surface area contributed by atoms with Crippen LogP contribution < -0.4 is 10.1 Å². The lowest BCUT2D eigenvalue weighted by atomic mass is 10.2. The van der Waals surface area contributed by atoms with E-state index in [9.17, 15) is 14.4 Å². The number of hydrogen-bond donors (Lipinski definition) is 1. The van der Waals surface area contributed by atoms with Gasteiger partial charge in [-0.15, -0.1) is 0 Å². The topological polar surface area (TPSA) is 94.2 Å². The molecule has 1 aromatic rings. The Bertz CT molecular complexity index is 596. The van der Waals surface area contributed by atoms with Crippen molar-refractivity contribution >= 4 is 17.8 Å². The molecule has 2 amide bonds. The summed E-state index contributed by atoms with van der Waals surface area (Å²) >= 11 is 0. The van der Waals surface area contributed by atoms with E-state index < -0.39 is 11.9 Å². The summed E-state index contributed by atoms with van der Waals surface area (Å²) in [6, 6.07) is 6.57. The zero-order valence-electron chi connectivity index (χ0n) is 14.2. The lowest BCUT2D eigenvalue weighted by molar-refractivity contribution is -0.152. The van der Waals surface area contributed by atoms with Crippen molar-refractivity contribution in [2.45, 2.75) is 6.92 Å². The Morgan fingerprint density at radius 2 is 1.84 bits per heavy atom. The predicted octanol–water partition coefficient (Wildman–Crippen LogP) is 0.217. The van der Waals surface area contributed by atoms with E-state index >= 15 is 0 Å². The largest absolute Gasteiger partial charge is 0.494 e. The highest BCUT2D eigenvalue weighted by Gasteiger charge is 2.18. The van der Waals surface area contributed by atoms with Crippen molar-refractivity contribution in [3.05, 3.63) is 29.8 Å². The number of hydrogen-bond acceptors (Lipinski definition) is 6. The number of benzene rings is 1. The van der Waals surface area contributed by atoms with Crippen LogP contribution in [0, 0.1) is 0 Å². The van der Waals surface area contributed by atoms with Crippen molar-refractivity contribution < 1.29 is 28.6 Å². The van der Waals surface area contributed by atoms with Crippen LogP contribution in [0.25, 0.3) is 0 Å². The Kier molecular flexibility index (Phi) is 7.21. The number of esters is 1. The van der Waals surface area contributed by atoms with Crippen LogP contribution in [0.4, 0.5) is 0 Å². The van der Waals surface area contributed by atoms with E-state index in [0.29, 0.717) is 44.2 Å². The fourth-order valence-electron chi connectivity index (χ4n) is 2.22. The second-order valence-electron chi connectivity index (χ2n) is 5.29. The summed E-state index contributed by atoms with van der Waals surface area (Å²) in [7, 11) is 0. The summed E-state index contributed by atoms with van der Waals surface area (Å²) in [6.07, 6.45) is 0. The van der Waals surface area contributed by atoms with Gasteiger partial charge in [0.05, 0.1) is 19.8 Å². The van der Waals surface area contributed by atoms with Gasteiger partial charge in [0.1, 0.15) is 12.3 Å². The maximum Gasteiger partial charge on any atom is 0.325 e. The van der Waals surface area contributed by atoms with Gasteiger partial charge in [-0.25, -0.2) is 0 Å². The minimum atomic E-state index is -0.666. The second kappa shape index (κ2) is 9.63. The van der Waals surface area contributed by atoms with Gasteiger partial charge in [-0.05, 0) is 31.2 Å². The molecule has 1 aliphatic heterocycles. The Morgan fingerprint density at radius 1 is 1.16 bits per heavy atom. The molecule has 0 radical (unpaired) electrons.